The van der Waals surface area contributed by atoms with Gasteiger partial charge in [0.2, 0.25) is 5.78 Å². The average molecular weight is 282 g/mol. The number of ether oxygens (including phenoxy) is 2. The molecule has 1 aromatic heterocycles. The molecule has 0 spiro atoms. The first-order chi connectivity index (χ1) is 10.1. The molecule has 0 radical (unpaired) electrons. The van der Waals surface area contributed by atoms with E-state index in [9.17, 15) is 4.79 Å². The van der Waals surface area contributed by atoms with Gasteiger partial charge in [0.1, 0.15) is 23.9 Å². The van der Waals surface area contributed by atoms with Crippen LogP contribution in [0.1, 0.15) is 23.0 Å². The molecule has 1 aliphatic heterocycles. The number of furan rings is 1. The number of carbonyl (C=O) groups is 1. The number of rotatable bonds is 4. The second-order valence-corrected chi connectivity index (χ2v) is 4.86. The molecule has 2 aromatic rings. The van der Waals surface area contributed by atoms with Gasteiger partial charge in [0.05, 0.1) is 11.8 Å². The molecule has 0 N–H and O–H groups in total. The van der Waals surface area contributed by atoms with Crippen molar-refractivity contribution in [1.29, 1.82) is 0 Å². The monoisotopic (exact) mass is 282 g/mol. The lowest BCUT2D eigenvalue weighted by Crippen LogP contribution is -1.98. The molecule has 2 heterocycles. The van der Waals surface area contributed by atoms with Gasteiger partial charge in [0, 0.05) is 12.1 Å². The van der Waals surface area contributed by atoms with Crippen molar-refractivity contribution in [3.05, 3.63) is 65.8 Å². The summed E-state index contributed by atoms with van der Waals surface area (Å²) in [6.45, 7) is 6.10. The van der Waals surface area contributed by atoms with Crippen LogP contribution >= 0.6 is 0 Å². The van der Waals surface area contributed by atoms with Gasteiger partial charge in [-0.25, -0.2) is 0 Å². The van der Waals surface area contributed by atoms with Crippen molar-refractivity contribution in [2.24, 2.45) is 0 Å². The van der Waals surface area contributed by atoms with Crippen molar-refractivity contribution in [3.8, 4) is 11.5 Å². The van der Waals surface area contributed by atoms with Crippen molar-refractivity contribution < 1.29 is 18.7 Å². The topological polar surface area (TPSA) is 48.7 Å². The minimum Gasteiger partial charge on any atom is -0.489 e. The third-order valence-corrected chi connectivity index (χ3v) is 2.94. The van der Waals surface area contributed by atoms with Gasteiger partial charge in [-0.3, -0.25) is 4.79 Å². The Kier molecular flexibility index (Phi) is 3.36. The summed E-state index contributed by atoms with van der Waals surface area (Å²) in [6.07, 6.45) is 3.12. The number of benzene rings is 1. The molecule has 4 nitrogen and oxygen atoms in total. The van der Waals surface area contributed by atoms with Gasteiger partial charge < -0.3 is 13.9 Å². The fraction of sp³-hybridized carbons (Fsp3) is 0.118. The normalized spacial score (nSPS) is 14.9. The quantitative estimate of drug-likeness (QED) is 0.631. The summed E-state index contributed by atoms with van der Waals surface area (Å²) in [7, 11) is 0. The summed E-state index contributed by atoms with van der Waals surface area (Å²) < 4.78 is 16.3. The fourth-order valence-electron chi connectivity index (χ4n) is 1.97. The number of ketones is 1. The highest BCUT2D eigenvalue weighted by atomic mass is 16.5. The number of hydrogen-bond acceptors (Lipinski definition) is 4. The highest BCUT2D eigenvalue weighted by molar-refractivity contribution is 6.14. The minimum atomic E-state index is -0.159. The molecular weight excluding hydrogens is 268 g/mol. The van der Waals surface area contributed by atoms with Gasteiger partial charge >= 0.3 is 0 Å². The van der Waals surface area contributed by atoms with E-state index in [1.807, 2.05) is 6.92 Å². The maximum Gasteiger partial charge on any atom is 0.232 e. The van der Waals surface area contributed by atoms with E-state index >= 15 is 0 Å². The standard InChI is InChI=1S/C17H14O4/c1-11(2)10-20-13-5-6-14-15(8-13)21-16(17(14)18)9-12-4-3-7-19-12/h3-9H,1,10H2,2H3/b16-9+. The third-order valence-electron chi connectivity index (χ3n) is 2.94. The number of hydrogen-bond donors (Lipinski definition) is 0. The zero-order valence-electron chi connectivity index (χ0n) is 11.6. The minimum absolute atomic E-state index is 0.159. The summed E-state index contributed by atoms with van der Waals surface area (Å²) in [6, 6.07) is 8.67. The van der Waals surface area contributed by atoms with Crippen LogP contribution < -0.4 is 9.47 Å². The molecule has 0 aliphatic carbocycles. The Labute approximate surface area is 122 Å². The lowest BCUT2D eigenvalue weighted by molar-refractivity contribution is 0.101. The summed E-state index contributed by atoms with van der Waals surface area (Å²) in [5.74, 6) is 1.80. The Morgan fingerprint density at radius 1 is 1.38 bits per heavy atom. The van der Waals surface area contributed by atoms with E-state index in [1.54, 1.807) is 42.7 Å². The van der Waals surface area contributed by atoms with Crippen molar-refractivity contribution in [1.82, 2.24) is 0 Å². The molecule has 0 unspecified atom stereocenters. The van der Waals surface area contributed by atoms with Gasteiger partial charge in [-0.05, 0) is 36.8 Å². The van der Waals surface area contributed by atoms with Crippen LogP contribution in [0.3, 0.4) is 0 Å². The summed E-state index contributed by atoms with van der Waals surface area (Å²) in [4.78, 5) is 12.2. The maximum absolute atomic E-state index is 12.2. The molecule has 0 fully saturated rings. The predicted molar refractivity (Wildman–Crippen MR) is 78.4 cm³/mol. The molecule has 0 bridgehead atoms. The Hall–Kier alpha value is -2.75. The van der Waals surface area contributed by atoms with E-state index in [2.05, 4.69) is 6.58 Å². The Balaban J connectivity index is 1.84. The van der Waals surface area contributed by atoms with E-state index in [-0.39, 0.29) is 11.5 Å². The molecule has 0 saturated carbocycles. The first-order valence-corrected chi connectivity index (χ1v) is 6.52. The lowest BCUT2D eigenvalue weighted by atomic mass is 10.1. The van der Waals surface area contributed by atoms with Crippen molar-refractivity contribution in [2.45, 2.75) is 6.92 Å². The largest absolute Gasteiger partial charge is 0.489 e. The fourth-order valence-corrected chi connectivity index (χ4v) is 1.97. The second kappa shape index (κ2) is 5.32. The molecular formula is C17H14O4. The van der Waals surface area contributed by atoms with E-state index < -0.39 is 0 Å². The Bertz CT molecular complexity index is 723. The SMILES string of the molecule is C=C(C)COc1ccc2c(c1)O/C(=C/c1ccco1)C2=O. The first kappa shape index (κ1) is 13.2. The molecule has 0 saturated heterocycles. The number of Topliss-reactive ketones (excluding diaryl/α,β-unsaturated/α-hetero) is 1. The summed E-state index contributed by atoms with van der Waals surface area (Å²) >= 11 is 0. The van der Waals surface area contributed by atoms with Gasteiger partial charge in [0.15, 0.2) is 5.76 Å². The van der Waals surface area contributed by atoms with Gasteiger partial charge in [-0.2, -0.15) is 0 Å². The third kappa shape index (κ3) is 2.74. The Morgan fingerprint density at radius 3 is 2.95 bits per heavy atom. The van der Waals surface area contributed by atoms with Crippen LogP contribution in [0.4, 0.5) is 0 Å². The average Bonchev–Trinajstić information content (AvgIpc) is 3.06. The number of allylic oxidation sites excluding steroid dienone is 1. The van der Waals surface area contributed by atoms with Crippen LogP contribution in [0.25, 0.3) is 6.08 Å². The van der Waals surface area contributed by atoms with Crippen LogP contribution in [-0.2, 0) is 0 Å². The lowest BCUT2D eigenvalue weighted by Gasteiger charge is -2.06. The molecule has 1 aromatic carbocycles. The molecule has 4 heteroatoms. The Morgan fingerprint density at radius 2 is 2.24 bits per heavy atom. The number of carbonyl (C=O) groups excluding carboxylic acids is 1. The molecule has 3 rings (SSSR count). The van der Waals surface area contributed by atoms with Crippen LogP contribution in [0.5, 0.6) is 11.5 Å². The second-order valence-electron chi connectivity index (χ2n) is 4.86. The molecule has 21 heavy (non-hydrogen) atoms. The number of fused-ring (bicyclic) bond motifs is 1. The van der Waals surface area contributed by atoms with Crippen molar-refractivity contribution >= 4 is 11.9 Å². The molecule has 1 aliphatic rings. The molecule has 0 amide bonds. The molecule has 106 valence electrons. The zero-order chi connectivity index (χ0) is 14.8. The highest BCUT2D eigenvalue weighted by Gasteiger charge is 2.28. The van der Waals surface area contributed by atoms with Crippen LogP contribution in [0, 0.1) is 0 Å². The van der Waals surface area contributed by atoms with E-state index in [1.165, 1.54) is 0 Å². The maximum atomic E-state index is 12.2. The predicted octanol–water partition coefficient (Wildman–Crippen LogP) is 3.85. The zero-order valence-corrected chi connectivity index (χ0v) is 11.6. The van der Waals surface area contributed by atoms with Crippen molar-refractivity contribution in [2.75, 3.05) is 6.61 Å². The van der Waals surface area contributed by atoms with E-state index in [0.29, 0.717) is 29.4 Å². The van der Waals surface area contributed by atoms with Gasteiger partial charge in [-0.15, -0.1) is 0 Å². The van der Waals surface area contributed by atoms with E-state index in [0.717, 1.165) is 5.57 Å². The smallest absolute Gasteiger partial charge is 0.232 e. The van der Waals surface area contributed by atoms with Crippen molar-refractivity contribution in [3.63, 3.8) is 0 Å². The highest BCUT2D eigenvalue weighted by Crippen LogP contribution is 2.34. The van der Waals surface area contributed by atoms with Crippen LogP contribution in [-0.4, -0.2) is 12.4 Å². The molecule has 0 atom stereocenters. The van der Waals surface area contributed by atoms with Gasteiger partial charge in [-0.1, -0.05) is 6.58 Å². The first-order valence-electron chi connectivity index (χ1n) is 6.52. The summed E-state index contributed by atoms with van der Waals surface area (Å²) in [5.41, 5.74) is 1.45. The van der Waals surface area contributed by atoms with E-state index in [4.69, 9.17) is 13.9 Å². The van der Waals surface area contributed by atoms with Crippen LogP contribution in [0.2, 0.25) is 0 Å². The summed E-state index contributed by atoms with van der Waals surface area (Å²) in [5, 5.41) is 0. The van der Waals surface area contributed by atoms with Gasteiger partial charge in [0.25, 0.3) is 0 Å². The van der Waals surface area contributed by atoms with Crippen LogP contribution in [0.15, 0.2) is 58.9 Å².